The lowest BCUT2D eigenvalue weighted by molar-refractivity contribution is -0.128. The molecule has 1 rings (SSSR count). The molecule has 4 heteroatoms. The highest BCUT2D eigenvalue weighted by molar-refractivity contribution is 5.81. The fourth-order valence-corrected chi connectivity index (χ4v) is 2.29. The number of benzene rings is 1. The highest BCUT2D eigenvalue weighted by Gasteiger charge is 2.27. The summed E-state index contributed by atoms with van der Waals surface area (Å²) in [6.45, 7) is 6.56. The largest absolute Gasteiger partial charge is 0.359 e. The highest BCUT2D eigenvalue weighted by Crippen LogP contribution is 2.22. The zero-order valence-corrected chi connectivity index (χ0v) is 13.5. The molecule has 0 saturated heterocycles. The van der Waals surface area contributed by atoms with Gasteiger partial charge in [0.25, 0.3) is 0 Å². The molecule has 118 valence electrons. The molecular weight excluding hydrogens is 267 g/mol. The summed E-state index contributed by atoms with van der Waals surface area (Å²) >= 11 is 0. The van der Waals surface area contributed by atoms with Crippen LogP contribution in [0.25, 0.3) is 0 Å². The summed E-state index contributed by atoms with van der Waals surface area (Å²) in [5.74, 6) is -0.206. The van der Waals surface area contributed by atoms with Crippen LogP contribution in [0.2, 0.25) is 0 Å². The van der Waals surface area contributed by atoms with Crippen molar-refractivity contribution in [2.24, 2.45) is 5.41 Å². The maximum absolute atomic E-state index is 13.1. The van der Waals surface area contributed by atoms with Crippen LogP contribution in [0.5, 0.6) is 0 Å². The summed E-state index contributed by atoms with van der Waals surface area (Å²) < 4.78 is 13.1. The summed E-state index contributed by atoms with van der Waals surface area (Å²) in [6, 6.07) is 6.75. The topological polar surface area (TPSA) is 41.1 Å². The van der Waals surface area contributed by atoms with E-state index in [1.807, 2.05) is 26.0 Å². The molecule has 0 fully saturated rings. The zero-order chi connectivity index (χ0) is 15.9. The standard InChI is InChI=1S/C17H27FN2O/c1-5-6-7-15(13-8-10-14(18)11-9-13)20-12-17(2,3)16(21)19-4/h8-11,15,20H,5-7,12H2,1-4H3,(H,19,21). The van der Waals surface area contributed by atoms with Gasteiger partial charge >= 0.3 is 0 Å². The summed E-state index contributed by atoms with van der Waals surface area (Å²) in [4.78, 5) is 11.8. The SMILES string of the molecule is CCCCC(NCC(C)(C)C(=O)NC)c1ccc(F)cc1. The quantitative estimate of drug-likeness (QED) is 0.771. The Morgan fingerprint density at radius 3 is 2.43 bits per heavy atom. The average molecular weight is 294 g/mol. The zero-order valence-electron chi connectivity index (χ0n) is 13.5. The minimum absolute atomic E-state index is 0.0170. The van der Waals surface area contributed by atoms with E-state index < -0.39 is 5.41 Å². The van der Waals surface area contributed by atoms with E-state index in [-0.39, 0.29) is 17.8 Å². The van der Waals surface area contributed by atoms with Gasteiger partial charge in [0.1, 0.15) is 5.82 Å². The second-order valence-electron chi connectivity index (χ2n) is 6.09. The summed E-state index contributed by atoms with van der Waals surface area (Å²) in [6.07, 6.45) is 3.18. The van der Waals surface area contributed by atoms with Gasteiger partial charge in [0.15, 0.2) is 0 Å². The lowest BCUT2D eigenvalue weighted by atomic mass is 9.91. The molecule has 0 aliphatic carbocycles. The molecule has 0 aliphatic heterocycles. The van der Waals surface area contributed by atoms with E-state index in [0.29, 0.717) is 6.54 Å². The van der Waals surface area contributed by atoms with Crippen LogP contribution in [0.4, 0.5) is 4.39 Å². The molecule has 0 radical (unpaired) electrons. The first-order valence-electron chi connectivity index (χ1n) is 7.61. The smallest absolute Gasteiger partial charge is 0.226 e. The average Bonchev–Trinajstić information content (AvgIpc) is 2.47. The lowest BCUT2D eigenvalue weighted by Gasteiger charge is -2.27. The predicted molar refractivity (Wildman–Crippen MR) is 84.5 cm³/mol. The van der Waals surface area contributed by atoms with Gasteiger partial charge < -0.3 is 10.6 Å². The van der Waals surface area contributed by atoms with Gasteiger partial charge in [-0.3, -0.25) is 4.79 Å². The predicted octanol–water partition coefficient (Wildman–Crippen LogP) is 3.42. The van der Waals surface area contributed by atoms with Crippen molar-refractivity contribution >= 4 is 5.91 Å². The third-order valence-electron chi connectivity index (χ3n) is 3.75. The fourth-order valence-electron chi connectivity index (χ4n) is 2.29. The molecular formula is C17H27FN2O. The van der Waals surface area contributed by atoms with Gasteiger partial charge in [-0.2, -0.15) is 0 Å². The van der Waals surface area contributed by atoms with Crippen LogP contribution in [0, 0.1) is 11.2 Å². The van der Waals surface area contributed by atoms with E-state index in [1.165, 1.54) is 12.1 Å². The fraction of sp³-hybridized carbons (Fsp3) is 0.588. The van der Waals surface area contributed by atoms with Crippen LogP contribution in [-0.4, -0.2) is 19.5 Å². The van der Waals surface area contributed by atoms with Gasteiger partial charge in [-0.1, -0.05) is 31.9 Å². The summed E-state index contributed by atoms with van der Waals surface area (Å²) in [5.41, 5.74) is 0.594. The Kier molecular flexibility index (Phi) is 6.82. The van der Waals surface area contributed by atoms with E-state index in [0.717, 1.165) is 24.8 Å². The van der Waals surface area contributed by atoms with Crippen molar-refractivity contribution < 1.29 is 9.18 Å². The molecule has 1 aromatic carbocycles. The molecule has 0 saturated carbocycles. The number of carbonyl (C=O) groups excluding carboxylic acids is 1. The van der Waals surface area contributed by atoms with Gasteiger partial charge in [-0.25, -0.2) is 4.39 Å². The van der Waals surface area contributed by atoms with Crippen LogP contribution in [0.1, 0.15) is 51.6 Å². The van der Waals surface area contributed by atoms with Gasteiger partial charge in [-0.05, 0) is 38.0 Å². The van der Waals surface area contributed by atoms with Crippen molar-refractivity contribution in [1.29, 1.82) is 0 Å². The van der Waals surface area contributed by atoms with E-state index in [4.69, 9.17) is 0 Å². The molecule has 0 aliphatic rings. The normalized spacial score (nSPS) is 13.0. The molecule has 1 unspecified atom stereocenters. The molecule has 2 N–H and O–H groups in total. The van der Waals surface area contributed by atoms with Gasteiger partial charge in [0.2, 0.25) is 5.91 Å². The summed E-state index contributed by atoms with van der Waals surface area (Å²) in [7, 11) is 1.65. The Balaban J connectivity index is 2.74. The van der Waals surface area contributed by atoms with Crippen LogP contribution < -0.4 is 10.6 Å². The first kappa shape index (κ1) is 17.6. The first-order valence-corrected chi connectivity index (χ1v) is 7.61. The number of carbonyl (C=O) groups is 1. The van der Waals surface area contributed by atoms with E-state index >= 15 is 0 Å². The van der Waals surface area contributed by atoms with Crippen molar-refractivity contribution in [2.75, 3.05) is 13.6 Å². The van der Waals surface area contributed by atoms with Crippen LogP contribution in [0.3, 0.4) is 0 Å². The molecule has 0 aromatic heterocycles. The van der Waals surface area contributed by atoms with Crippen molar-refractivity contribution in [1.82, 2.24) is 10.6 Å². The molecule has 1 amide bonds. The monoisotopic (exact) mass is 294 g/mol. The number of hydrogen-bond donors (Lipinski definition) is 2. The number of rotatable bonds is 8. The molecule has 0 bridgehead atoms. The van der Waals surface area contributed by atoms with Crippen LogP contribution in [-0.2, 0) is 4.79 Å². The minimum Gasteiger partial charge on any atom is -0.359 e. The van der Waals surface area contributed by atoms with Crippen molar-refractivity contribution in [3.63, 3.8) is 0 Å². The van der Waals surface area contributed by atoms with Crippen LogP contribution in [0.15, 0.2) is 24.3 Å². The third-order valence-corrected chi connectivity index (χ3v) is 3.75. The Morgan fingerprint density at radius 1 is 1.29 bits per heavy atom. The molecule has 21 heavy (non-hydrogen) atoms. The van der Waals surface area contributed by atoms with E-state index in [9.17, 15) is 9.18 Å². The van der Waals surface area contributed by atoms with Gasteiger partial charge in [0.05, 0.1) is 5.41 Å². The Labute approximate surface area is 127 Å². The van der Waals surface area contributed by atoms with Crippen molar-refractivity contribution in [3.05, 3.63) is 35.6 Å². The molecule has 0 spiro atoms. The van der Waals surface area contributed by atoms with Crippen LogP contribution >= 0.6 is 0 Å². The molecule has 1 atom stereocenters. The molecule has 1 aromatic rings. The number of amides is 1. The summed E-state index contributed by atoms with van der Waals surface area (Å²) in [5, 5.41) is 6.15. The van der Waals surface area contributed by atoms with E-state index in [1.54, 1.807) is 7.05 Å². The first-order chi connectivity index (χ1) is 9.90. The number of halogens is 1. The maximum Gasteiger partial charge on any atom is 0.226 e. The number of hydrogen-bond acceptors (Lipinski definition) is 2. The van der Waals surface area contributed by atoms with Crippen molar-refractivity contribution in [2.45, 2.75) is 46.1 Å². The van der Waals surface area contributed by atoms with Gasteiger partial charge in [-0.15, -0.1) is 0 Å². The second-order valence-corrected chi connectivity index (χ2v) is 6.09. The Bertz CT molecular complexity index is 443. The second kappa shape index (κ2) is 8.13. The number of unbranched alkanes of at least 4 members (excludes halogenated alkanes) is 1. The maximum atomic E-state index is 13.1. The highest BCUT2D eigenvalue weighted by atomic mass is 19.1. The molecule has 0 heterocycles. The minimum atomic E-state index is -0.473. The van der Waals surface area contributed by atoms with Crippen molar-refractivity contribution in [3.8, 4) is 0 Å². The number of nitrogens with one attached hydrogen (secondary N) is 2. The van der Waals surface area contributed by atoms with E-state index in [2.05, 4.69) is 17.6 Å². The Hall–Kier alpha value is -1.42. The van der Waals surface area contributed by atoms with Gasteiger partial charge in [0, 0.05) is 19.6 Å². The Morgan fingerprint density at radius 2 is 1.90 bits per heavy atom. The third kappa shape index (κ3) is 5.46. The lowest BCUT2D eigenvalue weighted by Crippen LogP contribution is -2.43. The molecule has 3 nitrogen and oxygen atoms in total.